The standard InChI is InChI=1S/C16H16O2S/c1-11-9-12(2)15(16(17)18-3)14(10-11)19-13-7-5-4-6-8-13/h4-10H,1-3H3. The summed E-state index contributed by atoms with van der Waals surface area (Å²) >= 11 is 1.59. The number of methoxy groups -OCH3 is 1. The van der Waals surface area contributed by atoms with E-state index in [0.29, 0.717) is 5.56 Å². The molecule has 0 saturated heterocycles. The van der Waals surface area contributed by atoms with Gasteiger partial charge in [0.15, 0.2) is 0 Å². The van der Waals surface area contributed by atoms with Crippen molar-refractivity contribution in [3.8, 4) is 0 Å². The van der Waals surface area contributed by atoms with Crippen LogP contribution >= 0.6 is 11.8 Å². The van der Waals surface area contributed by atoms with Gasteiger partial charge in [-0.3, -0.25) is 0 Å². The zero-order valence-corrected chi connectivity index (χ0v) is 12.1. The van der Waals surface area contributed by atoms with Gasteiger partial charge in [0.2, 0.25) is 0 Å². The third-order valence-electron chi connectivity index (χ3n) is 2.80. The summed E-state index contributed by atoms with van der Waals surface area (Å²) in [5.74, 6) is -0.282. The van der Waals surface area contributed by atoms with E-state index < -0.39 is 0 Å². The smallest absolute Gasteiger partial charge is 0.339 e. The minimum atomic E-state index is -0.282. The fourth-order valence-corrected chi connectivity index (χ4v) is 3.13. The number of esters is 1. The van der Waals surface area contributed by atoms with Gasteiger partial charge in [0.25, 0.3) is 0 Å². The fraction of sp³-hybridized carbons (Fsp3) is 0.188. The molecule has 0 N–H and O–H groups in total. The number of hydrogen-bond acceptors (Lipinski definition) is 3. The van der Waals surface area contributed by atoms with Gasteiger partial charge < -0.3 is 4.74 Å². The lowest BCUT2D eigenvalue weighted by Crippen LogP contribution is -2.06. The third kappa shape index (κ3) is 3.18. The highest BCUT2D eigenvalue weighted by molar-refractivity contribution is 7.99. The maximum absolute atomic E-state index is 11.9. The van der Waals surface area contributed by atoms with Gasteiger partial charge in [0, 0.05) is 9.79 Å². The van der Waals surface area contributed by atoms with E-state index in [2.05, 4.69) is 0 Å². The van der Waals surface area contributed by atoms with Crippen molar-refractivity contribution in [1.82, 2.24) is 0 Å². The van der Waals surface area contributed by atoms with Crippen molar-refractivity contribution >= 4 is 17.7 Å². The van der Waals surface area contributed by atoms with Crippen LogP contribution in [-0.2, 0) is 4.74 Å². The summed E-state index contributed by atoms with van der Waals surface area (Å²) in [6, 6.07) is 14.0. The summed E-state index contributed by atoms with van der Waals surface area (Å²) < 4.78 is 4.88. The Kier molecular flexibility index (Phi) is 4.27. The molecule has 0 unspecified atom stereocenters. The molecular formula is C16H16O2S. The lowest BCUT2D eigenvalue weighted by molar-refractivity contribution is 0.0596. The molecule has 0 heterocycles. The topological polar surface area (TPSA) is 26.3 Å². The average molecular weight is 272 g/mol. The molecule has 0 radical (unpaired) electrons. The number of rotatable bonds is 3. The van der Waals surface area contributed by atoms with Gasteiger partial charge in [-0.1, -0.05) is 36.0 Å². The monoisotopic (exact) mass is 272 g/mol. The van der Waals surface area contributed by atoms with Crippen molar-refractivity contribution in [2.24, 2.45) is 0 Å². The molecule has 98 valence electrons. The molecule has 0 saturated carbocycles. The van der Waals surface area contributed by atoms with Crippen LogP contribution in [0.3, 0.4) is 0 Å². The average Bonchev–Trinajstić information content (AvgIpc) is 2.38. The van der Waals surface area contributed by atoms with Crippen LogP contribution in [0.15, 0.2) is 52.3 Å². The van der Waals surface area contributed by atoms with Gasteiger partial charge >= 0.3 is 5.97 Å². The van der Waals surface area contributed by atoms with Crippen molar-refractivity contribution in [2.45, 2.75) is 23.6 Å². The summed E-state index contributed by atoms with van der Waals surface area (Å²) in [4.78, 5) is 14.0. The molecule has 0 atom stereocenters. The summed E-state index contributed by atoms with van der Waals surface area (Å²) in [5.41, 5.74) is 2.75. The van der Waals surface area contributed by atoms with E-state index >= 15 is 0 Å². The van der Waals surface area contributed by atoms with Crippen molar-refractivity contribution in [3.63, 3.8) is 0 Å². The van der Waals surface area contributed by atoms with E-state index in [4.69, 9.17) is 4.74 Å². The van der Waals surface area contributed by atoms with Crippen LogP contribution in [0, 0.1) is 13.8 Å². The Morgan fingerprint density at radius 3 is 2.42 bits per heavy atom. The van der Waals surface area contributed by atoms with Gasteiger partial charge in [-0.05, 0) is 43.2 Å². The Hall–Kier alpha value is -1.74. The quantitative estimate of drug-likeness (QED) is 0.782. The molecular weight excluding hydrogens is 256 g/mol. The van der Waals surface area contributed by atoms with Gasteiger partial charge in [-0.25, -0.2) is 4.79 Å². The summed E-state index contributed by atoms with van der Waals surface area (Å²) in [7, 11) is 1.42. The molecule has 3 heteroatoms. The second-order valence-corrected chi connectivity index (χ2v) is 5.48. The van der Waals surface area contributed by atoms with Crippen LogP contribution in [0.4, 0.5) is 0 Å². The Morgan fingerprint density at radius 2 is 1.79 bits per heavy atom. The number of aryl methyl sites for hydroxylation is 2. The highest BCUT2D eigenvalue weighted by Crippen LogP contribution is 2.33. The summed E-state index contributed by atoms with van der Waals surface area (Å²) in [6.07, 6.45) is 0. The molecule has 0 amide bonds. The maximum atomic E-state index is 11.9. The number of benzene rings is 2. The molecule has 2 nitrogen and oxygen atoms in total. The van der Waals surface area contributed by atoms with E-state index in [1.807, 2.05) is 56.3 Å². The molecule has 2 rings (SSSR count). The number of ether oxygens (including phenoxy) is 1. The first kappa shape index (κ1) is 13.7. The molecule has 0 bridgehead atoms. The molecule has 2 aromatic carbocycles. The first-order valence-electron chi connectivity index (χ1n) is 6.04. The fourth-order valence-electron chi connectivity index (χ4n) is 1.99. The Labute approximate surface area is 117 Å². The van der Waals surface area contributed by atoms with E-state index in [1.54, 1.807) is 11.8 Å². The van der Waals surface area contributed by atoms with Crippen LogP contribution in [-0.4, -0.2) is 13.1 Å². The zero-order valence-electron chi connectivity index (χ0n) is 11.3. The van der Waals surface area contributed by atoms with Crippen LogP contribution < -0.4 is 0 Å². The summed E-state index contributed by atoms with van der Waals surface area (Å²) in [6.45, 7) is 3.97. The molecule has 2 aromatic rings. The van der Waals surface area contributed by atoms with Crippen molar-refractivity contribution < 1.29 is 9.53 Å². The van der Waals surface area contributed by atoms with Gasteiger partial charge in [0.05, 0.1) is 12.7 Å². The summed E-state index contributed by atoms with van der Waals surface area (Å²) in [5, 5.41) is 0. The normalized spacial score (nSPS) is 10.3. The lowest BCUT2D eigenvalue weighted by Gasteiger charge is -2.12. The largest absolute Gasteiger partial charge is 0.465 e. The van der Waals surface area contributed by atoms with Gasteiger partial charge in [-0.15, -0.1) is 0 Å². The number of carbonyl (C=O) groups excluding carboxylic acids is 1. The van der Waals surface area contributed by atoms with Crippen molar-refractivity contribution in [2.75, 3.05) is 7.11 Å². The predicted molar refractivity (Wildman–Crippen MR) is 77.8 cm³/mol. The Bertz CT molecular complexity index is 591. The zero-order chi connectivity index (χ0) is 13.8. The second-order valence-electron chi connectivity index (χ2n) is 4.36. The predicted octanol–water partition coefficient (Wildman–Crippen LogP) is 4.24. The molecule has 19 heavy (non-hydrogen) atoms. The van der Waals surface area contributed by atoms with Crippen LogP contribution in [0.5, 0.6) is 0 Å². The van der Waals surface area contributed by atoms with Crippen molar-refractivity contribution in [1.29, 1.82) is 0 Å². The Morgan fingerprint density at radius 1 is 1.11 bits per heavy atom. The van der Waals surface area contributed by atoms with Gasteiger partial charge in [0.1, 0.15) is 0 Å². The van der Waals surface area contributed by atoms with Crippen molar-refractivity contribution in [3.05, 3.63) is 59.2 Å². The van der Waals surface area contributed by atoms with E-state index in [-0.39, 0.29) is 5.97 Å². The highest BCUT2D eigenvalue weighted by Gasteiger charge is 2.16. The Balaban J connectivity index is 2.46. The first-order chi connectivity index (χ1) is 9.11. The van der Waals surface area contributed by atoms with E-state index in [9.17, 15) is 4.79 Å². The third-order valence-corrected chi connectivity index (χ3v) is 3.85. The molecule has 0 aromatic heterocycles. The number of hydrogen-bond donors (Lipinski definition) is 0. The first-order valence-corrected chi connectivity index (χ1v) is 6.86. The molecule has 0 aliphatic heterocycles. The van der Waals surface area contributed by atoms with E-state index in [0.717, 1.165) is 20.9 Å². The molecule has 0 spiro atoms. The minimum absolute atomic E-state index is 0.282. The van der Waals surface area contributed by atoms with E-state index in [1.165, 1.54) is 7.11 Å². The maximum Gasteiger partial charge on any atom is 0.339 e. The van der Waals surface area contributed by atoms with Crippen LogP contribution in [0.25, 0.3) is 0 Å². The van der Waals surface area contributed by atoms with Crippen LogP contribution in [0.1, 0.15) is 21.5 Å². The molecule has 0 aliphatic rings. The van der Waals surface area contributed by atoms with Crippen LogP contribution in [0.2, 0.25) is 0 Å². The molecule has 0 fully saturated rings. The number of carbonyl (C=O) groups is 1. The lowest BCUT2D eigenvalue weighted by atomic mass is 10.1. The highest BCUT2D eigenvalue weighted by atomic mass is 32.2. The second kappa shape index (κ2) is 5.93. The minimum Gasteiger partial charge on any atom is -0.465 e. The SMILES string of the molecule is COC(=O)c1c(C)cc(C)cc1Sc1ccccc1. The molecule has 0 aliphatic carbocycles. The van der Waals surface area contributed by atoms with Gasteiger partial charge in [-0.2, -0.15) is 0 Å².